The fraction of sp³-hybridized carbons (Fsp3) is 0.556. The van der Waals surface area contributed by atoms with Crippen LogP contribution in [0.2, 0.25) is 0 Å². The van der Waals surface area contributed by atoms with Crippen LogP contribution in [-0.4, -0.2) is 59.9 Å². The summed E-state index contributed by atoms with van der Waals surface area (Å²) in [5, 5.41) is 15.2. The molecule has 0 radical (unpaired) electrons. The van der Waals surface area contributed by atoms with Crippen LogP contribution in [0.4, 0.5) is 9.18 Å². The number of amides is 2. The number of ether oxygens (including phenoxy) is 1. The van der Waals surface area contributed by atoms with E-state index in [-0.39, 0.29) is 19.0 Å². The third kappa shape index (κ3) is 5.67. The number of allylic oxidation sites excluding steroid dienone is 3. The average molecular weight is 367 g/mol. The predicted octanol–water partition coefficient (Wildman–Crippen LogP) is 1.37. The molecule has 3 unspecified atom stereocenters. The van der Waals surface area contributed by atoms with Gasteiger partial charge in [0.15, 0.2) is 0 Å². The number of aliphatic hydroxyl groups is 1. The molecule has 2 aliphatic rings. The molecule has 2 rings (SSSR count). The molecule has 0 aromatic rings. The van der Waals surface area contributed by atoms with E-state index < -0.39 is 30.2 Å². The summed E-state index contributed by atoms with van der Waals surface area (Å²) in [7, 11) is 0. The molecule has 0 aromatic heterocycles. The van der Waals surface area contributed by atoms with Gasteiger partial charge in [0, 0.05) is 12.6 Å². The van der Waals surface area contributed by atoms with Crippen molar-refractivity contribution in [1.29, 1.82) is 0 Å². The number of halogens is 1. The molecule has 2 amide bonds. The van der Waals surface area contributed by atoms with Gasteiger partial charge in [0.2, 0.25) is 5.91 Å². The van der Waals surface area contributed by atoms with Gasteiger partial charge in [-0.1, -0.05) is 19.1 Å². The standard InChI is InChI=1S/C18H26FN3O4/c1-3-14(24)7-8-20-17-6-4-5-13(9-16(17)19)22-11-15(26-18(22)25)10-21-12(2)23/h4-6,9,14-15,17,20,24H,3,7-8,10-11H2,1-2H3,(H,21,23). The highest BCUT2D eigenvalue weighted by Crippen LogP contribution is 2.22. The Kier molecular flexibility index (Phi) is 7.35. The van der Waals surface area contributed by atoms with Crippen molar-refractivity contribution in [1.82, 2.24) is 15.5 Å². The molecule has 3 N–H and O–H groups in total. The summed E-state index contributed by atoms with van der Waals surface area (Å²) in [5.74, 6) is -0.627. The first-order valence-electron chi connectivity index (χ1n) is 8.80. The second-order valence-electron chi connectivity index (χ2n) is 6.34. The summed E-state index contributed by atoms with van der Waals surface area (Å²) in [6.07, 6.45) is 6.04. The van der Waals surface area contributed by atoms with Crippen molar-refractivity contribution < 1.29 is 23.8 Å². The van der Waals surface area contributed by atoms with Crippen molar-refractivity contribution in [3.05, 3.63) is 35.8 Å². The Balaban J connectivity index is 1.94. The van der Waals surface area contributed by atoms with Gasteiger partial charge < -0.3 is 20.5 Å². The SMILES string of the molecule is CCC(O)CCNC1C=CC=C(N2CC(CNC(C)=O)OC2=O)C=C1F. The molecule has 0 spiro atoms. The largest absolute Gasteiger partial charge is 0.442 e. The van der Waals surface area contributed by atoms with Gasteiger partial charge in [-0.25, -0.2) is 9.18 Å². The number of nitrogens with zero attached hydrogens (tertiary/aromatic N) is 1. The predicted molar refractivity (Wildman–Crippen MR) is 94.8 cm³/mol. The summed E-state index contributed by atoms with van der Waals surface area (Å²) in [4.78, 5) is 24.4. The van der Waals surface area contributed by atoms with Crippen molar-refractivity contribution >= 4 is 12.0 Å². The van der Waals surface area contributed by atoms with Gasteiger partial charge in [-0.05, 0) is 31.5 Å². The van der Waals surface area contributed by atoms with E-state index in [2.05, 4.69) is 10.6 Å². The Morgan fingerprint density at radius 2 is 2.31 bits per heavy atom. The van der Waals surface area contributed by atoms with Gasteiger partial charge in [-0.3, -0.25) is 9.69 Å². The lowest BCUT2D eigenvalue weighted by Crippen LogP contribution is -2.33. The summed E-state index contributed by atoms with van der Waals surface area (Å²) in [6, 6.07) is -0.610. The smallest absolute Gasteiger partial charge is 0.414 e. The highest BCUT2D eigenvalue weighted by molar-refractivity contribution is 5.74. The molecule has 7 nitrogen and oxygen atoms in total. The molecule has 26 heavy (non-hydrogen) atoms. The summed E-state index contributed by atoms with van der Waals surface area (Å²) < 4.78 is 19.7. The highest BCUT2D eigenvalue weighted by atomic mass is 19.1. The number of cyclic esters (lactones) is 1. The van der Waals surface area contributed by atoms with Gasteiger partial charge in [0.05, 0.1) is 25.2 Å². The number of hydrogen-bond acceptors (Lipinski definition) is 5. The number of nitrogens with one attached hydrogen (secondary N) is 2. The van der Waals surface area contributed by atoms with Crippen molar-refractivity contribution in [2.45, 2.75) is 44.9 Å². The summed E-state index contributed by atoms with van der Waals surface area (Å²) in [5.41, 5.74) is 0.395. The van der Waals surface area contributed by atoms with E-state index in [4.69, 9.17) is 4.74 Å². The molecule has 0 aromatic carbocycles. The van der Waals surface area contributed by atoms with Crippen LogP contribution in [0, 0.1) is 0 Å². The molecule has 1 aliphatic heterocycles. The maximum atomic E-state index is 14.5. The van der Waals surface area contributed by atoms with E-state index in [1.807, 2.05) is 6.92 Å². The second-order valence-corrected chi connectivity index (χ2v) is 6.34. The fourth-order valence-electron chi connectivity index (χ4n) is 2.68. The molecule has 1 fully saturated rings. The third-order valence-electron chi connectivity index (χ3n) is 4.23. The van der Waals surface area contributed by atoms with Crippen LogP contribution < -0.4 is 10.6 Å². The topological polar surface area (TPSA) is 90.9 Å². The van der Waals surface area contributed by atoms with E-state index in [1.54, 1.807) is 18.2 Å². The van der Waals surface area contributed by atoms with Crippen LogP contribution in [-0.2, 0) is 9.53 Å². The number of aliphatic hydroxyl groups excluding tert-OH is 1. The van der Waals surface area contributed by atoms with E-state index in [9.17, 15) is 19.1 Å². The van der Waals surface area contributed by atoms with Crippen LogP contribution >= 0.6 is 0 Å². The third-order valence-corrected chi connectivity index (χ3v) is 4.23. The van der Waals surface area contributed by atoms with Gasteiger partial charge in [-0.2, -0.15) is 0 Å². The number of hydrogen-bond donors (Lipinski definition) is 3. The average Bonchev–Trinajstić information content (AvgIpc) is 2.87. The first kappa shape index (κ1) is 20.1. The van der Waals surface area contributed by atoms with Crippen molar-refractivity contribution in [2.75, 3.05) is 19.6 Å². The van der Waals surface area contributed by atoms with E-state index in [0.29, 0.717) is 25.1 Å². The normalized spacial score (nSPS) is 23.8. The number of carbonyl (C=O) groups is 2. The van der Waals surface area contributed by atoms with Gasteiger partial charge in [-0.15, -0.1) is 0 Å². The van der Waals surface area contributed by atoms with Crippen LogP contribution in [0.3, 0.4) is 0 Å². The highest BCUT2D eigenvalue weighted by Gasteiger charge is 2.33. The second kappa shape index (κ2) is 9.49. The Labute approximate surface area is 152 Å². The molecule has 1 saturated heterocycles. The fourth-order valence-corrected chi connectivity index (χ4v) is 2.68. The molecule has 0 bridgehead atoms. The van der Waals surface area contributed by atoms with Crippen molar-refractivity contribution in [3.63, 3.8) is 0 Å². The molecule has 1 heterocycles. The Morgan fingerprint density at radius 1 is 1.54 bits per heavy atom. The maximum absolute atomic E-state index is 14.5. The maximum Gasteiger partial charge on any atom is 0.414 e. The van der Waals surface area contributed by atoms with Gasteiger partial charge in [0.1, 0.15) is 11.9 Å². The van der Waals surface area contributed by atoms with E-state index in [1.165, 1.54) is 17.9 Å². The monoisotopic (exact) mass is 367 g/mol. The van der Waals surface area contributed by atoms with Gasteiger partial charge >= 0.3 is 6.09 Å². The molecular weight excluding hydrogens is 341 g/mol. The van der Waals surface area contributed by atoms with E-state index in [0.717, 1.165) is 0 Å². The summed E-state index contributed by atoms with van der Waals surface area (Å²) >= 11 is 0. The lowest BCUT2D eigenvalue weighted by molar-refractivity contribution is -0.119. The Morgan fingerprint density at radius 3 is 3.00 bits per heavy atom. The minimum atomic E-state index is -0.610. The van der Waals surface area contributed by atoms with Crippen LogP contribution in [0.15, 0.2) is 35.8 Å². The quantitative estimate of drug-likeness (QED) is 0.603. The zero-order valence-corrected chi connectivity index (χ0v) is 15.1. The van der Waals surface area contributed by atoms with Crippen molar-refractivity contribution in [2.24, 2.45) is 0 Å². The summed E-state index contributed by atoms with van der Waals surface area (Å²) in [6.45, 7) is 4.21. The molecular formula is C18H26FN3O4. The van der Waals surface area contributed by atoms with Crippen LogP contribution in [0.1, 0.15) is 26.7 Å². The lowest BCUT2D eigenvalue weighted by atomic mass is 10.2. The minimum Gasteiger partial charge on any atom is -0.442 e. The first-order valence-corrected chi connectivity index (χ1v) is 8.80. The van der Waals surface area contributed by atoms with Gasteiger partial charge in [0.25, 0.3) is 0 Å². The first-order chi connectivity index (χ1) is 12.4. The van der Waals surface area contributed by atoms with Crippen LogP contribution in [0.5, 0.6) is 0 Å². The molecule has 8 heteroatoms. The molecule has 0 saturated carbocycles. The zero-order chi connectivity index (χ0) is 19.1. The number of carbonyl (C=O) groups excluding carboxylic acids is 2. The Bertz CT molecular complexity index is 618. The zero-order valence-electron chi connectivity index (χ0n) is 15.1. The molecule has 144 valence electrons. The number of rotatable bonds is 8. The van der Waals surface area contributed by atoms with Crippen LogP contribution in [0.25, 0.3) is 0 Å². The van der Waals surface area contributed by atoms with Crippen molar-refractivity contribution in [3.8, 4) is 0 Å². The molecule has 3 atom stereocenters. The Hall–Kier alpha value is -2.19. The minimum absolute atomic E-state index is 0.204. The van der Waals surface area contributed by atoms with E-state index >= 15 is 0 Å². The lowest BCUT2D eigenvalue weighted by Gasteiger charge is -2.16. The molecule has 1 aliphatic carbocycles.